The molecular formula is C19H19BrN4O5. The Bertz CT molecular complexity index is 944. The van der Waals surface area contributed by atoms with E-state index in [-0.39, 0.29) is 5.69 Å². The average molecular weight is 463 g/mol. The first-order valence-corrected chi connectivity index (χ1v) is 9.57. The summed E-state index contributed by atoms with van der Waals surface area (Å²) in [5.41, 5.74) is 3.74. The Morgan fingerprint density at radius 3 is 2.76 bits per heavy atom. The zero-order valence-electron chi connectivity index (χ0n) is 15.6. The SMILES string of the molecule is COc1ccc(Br)cc1C(=O)NN=Cc1ccc(N2CCOCC2)c([N+](=O)[O-])c1. The molecule has 1 saturated heterocycles. The number of morpholine rings is 1. The second-order valence-electron chi connectivity index (χ2n) is 6.15. The first kappa shape index (κ1) is 20.7. The molecule has 1 fully saturated rings. The number of methoxy groups -OCH3 is 1. The Hall–Kier alpha value is -2.98. The minimum atomic E-state index is -0.459. The number of ether oxygens (including phenoxy) is 2. The van der Waals surface area contributed by atoms with Gasteiger partial charge in [-0.2, -0.15) is 5.10 Å². The Balaban J connectivity index is 1.75. The van der Waals surface area contributed by atoms with E-state index in [4.69, 9.17) is 9.47 Å². The fraction of sp³-hybridized carbons (Fsp3) is 0.263. The number of carbonyl (C=O) groups excluding carboxylic acids is 1. The number of halogens is 1. The summed E-state index contributed by atoms with van der Waals surface area (Å²) in [6.07, 6.45) is 1.36. The molecule has 1 N–H and O–H groups in total. The highest BCUT2D eigenvalue weighted by Crippen LogP contribution is 2.29. The zero-order valence-corrected chi connectivity index (χ0v) is 17.2. The Labute approximate surface area is 175 Å². The minimum Gasteiger partial charge on any atom is -0.496 e. The summed E-state index contributed by atoms with van der Waals surface area (Å²) >= 11 is 3.31. The molecule has 0 bridgehead atoms. The van der Waals surface area contributed by atoms with Gasteiger partial charge in [-0.15, -0.1) is 0 Å². The van der Waals surface area contributed by atoms with Gasteiger partial charge in [-0.25, -0.2) is 5.43 Å². The standard InChI is InChI=1S/C19H19BrN4O5/c1-28-18-5-3-14(20)11-15(18)19(25)22-21-12-13-2-4-16(17(10-13)24(26)27)23-6-8-29-9-7-23/h2-5,10-12H,6-9H2,1H3,(H,22,25). The summed E-state index contributed by atoms with van der Waals surface area (Å²) in [5, 5.41) is 15.4. The van der Waals surface area contributed by atoms with E-state index in [1.54, 1.807) is 30.3 Å². The fourth-order valence-electron chi connectivity index (χ4n) is 2.92. The van der Waals surface area contributed by atoms with Gasteiger partial charge in [0, 0.05) is 29.2 Å². The maximum Gasteiger partial charge on any atom is 0.293 e. The number of amides is 1. The number of nitro benzene ring substituents is 1. The molecule has 0 radical (unpaired) electrons. The predicted molar refractivity (Wildman–Crippen MR) is 112 cm³/mol. The number of nitrogens with zero attached hydrogens (tertiary/aromatic N) is 3. The summed E-state index contributed by atoms with van der Waals surface area (Å²) in [6, 6.07) is 9.87. The summed E-state index contributed by atoms with van der Waals surface area (Å²) in [7, 11) is 1.47. The van der Waals surface area contributed by atoms with E-state index in [1.165, 1.54) is 19.4 Å². The van der Waals surface area contributed by atoms with Gasteiger partial charge < -0.3 is 14.4 Å². The van der Waals surface area contributed by atoms with Gasteiger partial charge >= 0.3 is 0 Å². The summed E-state index contributed by atoms with van der Waals surface area (Å²) < 4.78 is 11.2. The van der Waals surface area contributed by atoms with Crippen LogP contribution in [0.25, 0.3) is 0 Å². The van der Waals surface area contributed by atoms with Crippen LogP contribution >= 0.6 is 15.9 Å². The number of anilines is 1. The molecule has 0 saturated carbocycles. The van der Waals surface area contributed by atoms with Crippen molar-refractivity contribution < 1.29 is 19.2 Å². The quantitative estimate of drug-likeness (QED) is 0.401. The molecule has 0 spiro atoms. The van der Waals surface area contributed by atoms with Crippen molar-refractivity contribution in [2.45, 2.75) is 0 Å². The van der Waals surface area contributed by atoms with Gasteiger partial charge in [-0.3, -0.25) is 14.9 Å². The van der Waals surface area contributed by atoms with Crippen LogP contribution < -0.4 is 15.1 Å². The van der Waals surface area contributed by atoms with Gasteiger partial charge in [-0.05, 0) is 24.3 Å². The van der Waals surface area contributed by atoms with Crippen molar-refractivity contribution in [2.75, 3.05) is 38.3 Å². The van der Waals surface area contributed by atoms with Crippen LogP contribution in [-0.2, 0) is 4.74 Å². The van der Waals surface area contributed by atoms with Crippen LogP contribution in [-0.4, -0.2) is 50.5 Å². The molecular weight excluding hydrogens is 444 g/mol. The highest BCUT2D eigenvalue weighted by Gasteiger charge is 2.21. The van der Waals surface area contributed by atoms with Gasteiger partial charge in [0.05, 0.1) is 37.0 Å². The minimum absolute atomic E-state index is 0.0177. The predicted octanol–water partition coefficient (Wildman–Crippen LogP) is 2.97. The van der Waals surface area contributed by atoms with Crippen LogP contribution in [0.2, 0.25) is 0 Å². The molecule has 0 atom stereocenters. The van der Waals surface area contributed by atoms with E-state index in [2.05, 4.69) is 26.5 Å². The highest BCUT2D eigenvalue weighted by molar-refractivity contribution is 9.10. The molecule has 2 aromatic rings. The molecule has 29 heavy (non-hydrogen) atoms. The number of carbonyl (C=O) groups is 1. The van der Waals surface area contributed by atoms with Gasteiger partial charge in [0.1, 0.15) is 11.4 Å². The van der Waals surface area contributed by atoms with E-state index in [0.29, 0.717) is 48.9 Å². The normalized spacial score (nSPS) is 14.1. The summed E-state index contributed by atoms with van der Waals surface area (Å²) in [5.74, 6) is -0.0507. The number of rotatable bonds is 6. The van der Waals surface area contributed by atoms with Crippen LogP contribution in [0.5, 0.6) is 5.75 Å². The maximum absolute atomic E-state index is 12.4. The number of hydrazone groups is 1. The maximum atomic E-state index is 12.4. The van der Waals surface area contributed by atoms with Gasteiger partial charge in [0.15, 0.2) is 0 Å². The number of nitro groups is 1. The number of hydrogen-bond donors (Lipinski definition) is 1. The smallest absolute Gasteiger partial charge is 0.293 e. The summed E-state index contributed by atoms with van der Waals surface area (Å²) in [6.45, 7) is 2.26. The van der Waals surface area contributed by atoms with Crippen molar-refractivity contribution in [1.29, 1.82) is 0 Å². The molecule has 0 unspecified atom stereocenters. The molecule has 1 heterocycles. The molecule has 0 aliphatic carbocycles. The van der Waals surface area contributed by atoms with Crippen LogP contribution in [0, 0.1) is 10.1 Å². The van der Waals surface area contributed by atoms with E-state index in [9.17, 15) is 14.9 Å². The van der Waals surface area contributed by atoms with Crippen LogP contribution in [0.4, 0.5) is 11.4 Å². The topological polar surface area (TPSA) is 106 Å². The Morgan fingerprint density at radius 1 is 1.31 bits per heavy atom. The van der Waals surface area contributed by atoms with E-state index in [0.717, 1.165) is 4.47 Å². The van der Waals surface area contributed by atoms with Crippen molar-refractivity contribution in [3.63, 3.8) is 0 Å². The van der Waals surface area contributed by atoms with Crippen molar-refractivity contribution in [3.8, 4) is 5.75 Å². The molecule has 152 valence electrons. The van der Waals surface area contributed by atoms with Gasteiger partial charge in [0.25, 0.3) is 11.6 Å². The lowest BCUT2D eigenvalue weighted by molar-refractivity contribution is -0.384. The molecule has 10 heteroatoms. The molecule has 1 amide bonds. The fourth-order valence-corrected chi connectivity index (χ4v) is 3.28. The lowest BCUT2D eigenvalue weighted by Crippen LogP contribution is -2.36. The molecule has 3 rings (SSSR count). The van der Waals surface area contributed by atoms with E-state index in [1.807, 2.05) is 4.90 Å². The van der Waals surface area contributed by atoms with Crippen molar-refractivity contribution in [1.82, 2.24) is 5.43 Å². The second-order valence-corrected chi connectivity index (χ2v) is 7.06. The highest BCUT2D eigenvalue weighted by atomic mass is 79.9. The molecule has 2 aromatic carbocycles. The Morgan fingerprint density at radius 2 is 2.07 bits per heavy atom. The van der Waals surface area contributed by atoms with Crippen molar-refractivity contribution in [3.05, 3.63) is 62.1 Å². The number of nitrogens with one attached hydrogen (secondary N) is 1. The van der Waals surface area contributed by atoms with Crippen LogP contribution in [0.1, 0.15) is 15.9 Å². The molecule has 0 aromatic heterocycles. The average Bonchev–Trinajstić information content (AvgIpc) is 2.74. The molecule has 1 aliphatic heterocycles. The third-order valence-electron chi connectivity index (χ3n) is 4.33. The second kappa shape index (κ2) is 9.48. The first-order chi connectivity index (χ1) is 14.0. The van der Waals surface area contributed by atoms with Crippen molar-refractivity contribution in [2.24, 2.45) is 5.10 Å². The Kier molecular flexibility index (Phi) is 6.78. The third-order valence-corrected chi connectivity index (χ3v) is 4.83. The van der Waals surface area contributed by atoms with Gasteiger partial charge in [0.2, 0.25) is 0 Å². The van der Waals surface area contributed by atoms with Crippen LogP contribution in [0.3, 0.4) is 0 Å². The van der Waals surface area contributed by atoms with Crippen molar-refractivity contribution >= 4 is 39.4 Å². The molecule has 1 aliphatic rings. The van der Waals surface area contributed by atoms with E-state index >= 15 is 0 Å². The lowest BCUT2D eigenvalue weighted by Gasteiger charge is -2.28. The largest absolute Gasteiger partial charge is 0.496 e. The summed E-state index contributed by atoms with van der Waals surface area (Å²) in [4.78, 5) is 25.3. The first-order valence-electron chi connectivity index (χ1n) is 8.77. The zero-order chi connectivity index (χ0) is 20.8. The molecule has 9 nitrogen and oxygen atoms in total. The van der Waals surface area contributed by atoms with E-state index < -0.39 is 10.8 Å². The monoisotopic (exact) mass is 462 g/mol. The van der Waals surface area contributed by atoms with Gasteiger partial charge in [-0.1, -0.05) is 22.0 Å². The number of hydrogen-bond acceptors (Lipinski definition) is 7. The number of benzene rings is 2. The third kappa shape index (κ3) is 5.09. The lowest BCUT2D eigenvalue weighted by atomic mass is 10.1. The van der Waals surface area contributed by atoms with Crippen LogP contribution in [0.15, 0.2) is 46.0 Å².